The van der Waals surface area contributed by atoms with E-state index < -0.39 is 35.8 Å². The number of thioether (sulfide) groups is 1. The maximum absolute atomic E-state index is 15.4. The van der Waals surface area contributed by atoms with Gasteiger partial charge in [0.05, 0.1) is 33.7 Å². The van der Waals surface area contributed by atoms with E-state index >= 15 is 8.78 Å². The van der Waals surface area contributed by atoms with Crippen LogP contribution in [0, 0.1) is 6.92 Å². The monoisotopic (exact) mass is 556 g/mol. The SMILES string of the molecule is Cc1ccn(-c2ccc(C(=O)N3CCC(F)(F)/C(=C\C(=O)NC4CCSC4=O)c4ccccc43)c(Cl)c2)n1. The largest absolute Gasteiger partial charge is 0.342 e. The zero-order valence-corrected chi connectivity index (χ0v) is 21.9. The van der Waals surface area contributed by atoms with Crippen LogP contribution in [-0.2, 0) is 9.59 Å². The summed E-state index contributed by atoms with van der Waals surface area (Å²) >= 11 is 7.59. The number of anilines is 1. The molecule has 1 N–H and O–H groups in total. The second kappa shape index (κ2) is 10.3. The van der Waals surface area contributed by atoms with Crippen LogP contribution in [0.5, 0.6) is 0 Å². The first kappa shape index (κ1) is 26.1. The van der Waals surface area contributed by atoms with Crippen molar-refractivity contribution < 1.29 is 23.2 Å². The molecule has 5 rings (SSSR count). The molecule has 196 valence electrons. The van der Waals surface area contributed by atoms with Crippen molar-refractivity contribution in [2.24, 2.45) is 0 Å². The standard InChI is InChI=1S/C27H23ClF2N4O3S/c1-16-8-11-34(32-16)17-6-7-19(21(28)14-17)25(36)33-12-10-27(29,30)20(18-4-2-3-5-23(18)33)15-24(35)31-22-9-13-38-26(22)37/h2-8,11,14-15,22H,9-10,12-13H2,1H3,(H,31,35)/b20-15-. The average molecular weight is 557 g/mol. The highest BCUT2D eigenvalue weighted by Gasteiger charge is 2.42. The van der Waals surface area contributed by atoms with Gasteiger partial charge in [-0.3, -0.25) is 14.4 Å². The molecule has 11 heteroatoms. The molecule has 2 aromatic carbocycles. The number of carbonyl (C=O) groups excluding carboxylic acids is 3. The number of nitrogens with zero attached hydrogens (tertiary/aromatic N) is 3. The van der Waals surface area contributed by atoms with E-state index in [1.807, 2.05) is 13.0 Å². The van der Waals surface area contributed by atoms with Crippen LogP contribution < -0.4 is 10.2 Å². The minimum atomic E-state index is -3.40. The molecule has 2 aliphatic rings. The van der Waals surface area contributed by atoms with E-state index in [0.29, 0.717) is 17.9 Å². The van der Waals surface area contributed by atoms with Crippen LogP contribution >= 0.6 is 23.4 Å². The molecule has 0 spiro atoms. The van der Waals surface area contributed by atoms with Crippen molar-refractivity contribution in [2.75, 3.05) is 17.2 Å². The summed E-state index contributed by atoms with van der Waals surface area (Å²) in [6.07, 6.45) is 2.36. The molecular weight excluding hydrogens is 534 g/mol. The fourth-order valence-electron chi connectivity index (χ4n) is 4.53. The molecule has 1 unspecified atom stereocenters. The molecule has 1 atom stereocenters. The van der Waals surface area contributed by atoms with Gasteiger partial charge in [0.25, 0.3) is 11.8 Å². The van der Waals surface area contributed by atoms with E-state index in [1.165, 1.54) is 11.0 Å². The third kappa shape index (κ3) is 5.10. The quantitative estimate of drug-likeness (QED) is 0.455. The van der Waals surface area contributed by atoms with Crippen molar-refractivity contribution >= 4 is 51.6 Å². The summed E-state index contributed by atoms with van der Waals surface area (Å²) in [6, 6.07) is 12.2. The van der Waals surface area contributed by atoms with Gasteiger partial charge in [-0.15, -0.1) is 0 Å². The minimum Gasteiger partial charge on any atom is -0.342 e. The molecule has 2 aliphatic heterocycles. The number of alkyl halides is 2. The lowest BCUT2D eigenvalue weighted by molar-refractivity contribution is -0.121. The van der Waals surface area contributed by atoms with Crippen molar-refractivity contribution in [2.45, 2.75) is 31.7 Å². The summed E-state index contributed by atoms with van der Waals surface area (Å²) in [5, 5.41) is 6.83. The Kier molecular flexibility index (Phi) is 7.11. The number of allylic oxidation sites excluding steroid dienone is 1. The zero-order valence-electron chi connectivity index (χ0n) is 20.3. The number of amides is 2. The number of benzene rings is 2. The first-order chi connectivity index (χ1) is 18.1. The lowest BCUT2D eigenvalue weighted by Gasteiger charge is -2.23. The topological polar surface area (TPSA) is 84.3 Å². The Bertz CT molecular complexity index is 1470. The molecular formula is C27H23ClF2N4O3S. The normalized spacial score (nSPS) is 19.8. The Balaban J connectivity index is 1.48. The van der Waals surface area contributed by atoms with Gasteiger partial charge in [-0.25, -0.2) is 13.5 Å². The van der Waals surface area contributed by atoms with Crippen LogP contribution in [0.1, 0.15) is 34.5 Å². The maximum atomic E-state index is 15.4. The third-order valence-corrected chi connectivity index (χ3v) is 7.79. The Morgan fingerprint density at radius 2 is 2.00 bits per heavy atom. The van der Waals surface area contributed by atoms with Crippen LogP contribution in [0.3, 0.4) is 0 Å². The molecule has 0 aliphatic carbocycles. The minimum absolute atomic E-state index is 0.0605. The van der Waals surface area contributed by atoms with Gasteiger partial charge in [0, 0.05) is 42.1 Å². The second-order valence-electron chi connectivity index (χ2n) is 9.07. The lowest BCUT2D eigenvalue weighted by atomic mass is 9.97. The highest BCUT2D eigenvalue weighted by Crippen LogP contribution is 2.43. The second-order valence-corrected chi connectivity index (χ2v) is 10.6. The molecule has 1 saturated heterocycles. The van der Waals surface area contributed by atoms with Gasteiger partial charge in [0.1, 0.15) is 0 Å². The first-order valence-corrected chi connectivity index (χ1v) is 13.3. The summed E-state index contributed by atoms with van der Waals surface area (Å²) in [7, 11) is 0. The number of para-hydroxylation sites is 1. The molecule has 3 heterocycles. The number of fused-ring (bicyclic) bond motifs is 1. The van der Waals surface area contributed by atoms with E-state index in [-0.39, 0.29) is 33.5 Å². The summed E-state index contributed by atoms with van der Waals surface area (Å²) in [6.45, 7) is 1.55. The maximum Gasteiger partial charge on any atom is 0.275 e. The van der Waals surface area contributed by atoms with Gasteiger partial charge in [-0.1, -0.05) is 41.6 Å². The van der Waals surface area contributed by atoms with E-state index in [1.54, 1.807) is 47.3 Å². The van der Waals surface area contributed by atoms with Crippen molar-refractivity contribution in [3.05, 3.63) is 82.6 Å². The molecule has 38 heavy (non-hydrogen) atoms. The predicted molar refractivity (Wildman–Crippen MR) is 143 cm³/mol. The summed E-state index contributed by atoms with van der Waals surface area (Å²) in [4.78, 5) is 39.4. The van der Waals surface area contributed by atoms with Crippen molar-refractivity contribution in [3.63, 3.8) is 0 Å². The molecule has 7 nitrogen and oxygen atoms in total. The van der Waals surface area contributed by atoms with Gasteiger partial charge in [0.2, 0.25) is 11.0 Å². The molecule has 0 radical (unpaired) electrons. The smallest absolute Gasteiger partial charge is 0.275 e. The number of halogens is 3. The van der Waals surface area contributed by atoms with Crippen LogP contribution in [0.25, 0.3) is 11.3 Å². The van der Waals surface area contributed by atoms with Gasteiger partial charge in [-0.2, -0.15) is 5.10 Å². The molecule has 0 bridgehead atoms. The van der Waals surface area contributed by atoms with Crippen LogP contribution in [-0.4, -0.2) is 51.0 Å². The highest BCUT2D eigenvalue weighted by molar-refractivity contribution is 8.14. The van der Waals surface area contributed by atoms with Crippen LogP contribution in [0.4, 0.5) is 14.5 Å². The Hall–Kier alpha value is -3.50. The van der Waals surface area contributed by atoms with Crippen molar-refractivity contribution in [1.82, 2.24) is 15.1 Å². The van der Waals surface area contributed by atoms with E-state index in [2.05, 4.69) is 10.4 Å². The van der Waals surface area contributed by atoms with Gasteiger partial charge < -0.3 is 10.2 Å². The molecule has 1 aromatic heterocycles. The Labute approximate surface area is 226 Å². The number of nitrogens with one attached hydrogen (secondary N) is 1. The number of rotatable bonds is 4. The summed E-state index contributed by atoms with van der Waals surface area (Å²) in [5.74, 6) is -4.15. The number of hydrogen-bond acceptors (Lipinski definition) is 5. The van der Waals surface area contributed by atoms with Crippen molar-refractivity contribution in [1.29, 1.82) is 0 Å². The van der Waals surface area contributed by atoms with Crippen LogP contribution in [0.15, 0.2) is 60.8 Å². The number of aromatic nitrogens is 2. The zero-order chi connectivity index (χ0) is 27.0. The fourth-order valence-corrected chi connectivity index (χ4v) is 5.72. The van der Waals surface area contributed by atoms with E-state index in [0.717, 1.165) is 23.5 Å². The van der Waals surface area contributed by atoms with E-state index in [4.69, 9.17) is 11.6 Å². The first-order valence-electron chi connectivity index (χ1n) is 11.9. The molecule has 0 saturated carbocycles. The number of aryl methyl sites for hydroxylation is 1. The predicted octanol–water partition coefficient (Wildman–Crippen LogP) is 5.05. The van der Waals surface area contributed by atoms with Crippen LogP contribution in [0.2, 0.25) is 5.02 Å². The number of hydrogen-bond donors (Lipinski definition) is 1. The van der Waals surface area contributed by atoms with Gasteiger partial charge in [-0.05, 0) is 43.7 Å². The van der Waals surface area contributed by atoms with Gasteiger partial charge >= 0.3 is 0 Å². The summed E-state index contributed by atoms with van der Waals surface area (Å²) < 4.78 is 32.5. The summed E-state index contributed by atoms with van der Waals surface area (Å²) in [5.41, 5.74) is 1.41. The Morgan fingerprint density at radius 1 is 1.21 bits per heavy atom. The Morgan fingerprint density at radius 3 is 2.68 bits per heavy atom. The highest BCUT2D eigenvalue weighted by atomic mass is 35.5. The molecule has 3 aromatic rings. The molecule has 2 amide bonds. The lowest BCUT2D eigenvalue weighted by Crippen LogP contribution is -2.36. The van der Waals surface area contributed by atoms with E-state index in [9.17, 15) is 14.4 Å². The van der Waals surface area contributed by atoms with Crippen molar-refractivity contribution in [3.8, 4) is 5.69 Å². The average Bonchev–Trinajstić information content (AvgIpc) is 3.47. The van der Waals surface area contributed by atoms with Gasteiger partial charge in [0.15, 0.2) is 0 Å². The fraction of sp³-hybridized carbons (Fsp3) is 0.259. The third-order valence-electron chi connectivity index (χ3n) is 6.47. The number of carbonyl (C=O) groups is 3. The molecule has 1 fully saturated rings.